The smallest absolute Gasteiger partial charge is 0.433 e. The highest BCUT2D eigenvalue weighted by molar-refractivity contribution is 7.13. The predicted octanol–water partition coefficient (Wildman–Crippen LogP) is 6.39. The molecule has 242 valence electrons. The highest BCUT2D eigenvalue weighted by Crippen LogP contribution is 2.33. The predicted molar refractivity (Wildman–Crippen MR) is 172 cm³/mol. The molecule has 2 fully saturated rings. The van der Waals surface area contributed by atoms with Crippen LogP contribution in [0.2, 0.25) is 0 Å². The van der Waals surface area contributed by atoms with Gasteiger partial charge in [0.05, 0.1) is 29.6 Å². The van der Waals surface area contributed by atoms with Gasteiger partial charge in [-0.25, -0.2) is 4.98 Å². The third kappa shape index (κ3) is 6.20. The number of fused-ring (bicyclic) bond motifs is 2. The molecule has 2 bridgehead atoms. The standard InChI is InChI=1S/C34H36F3N5O3S/c1-5-20-6-10-24(45-4)13-28(20)42-29(12-19(2)3)25(32(43)41-16-22-8-9-23(17-41)39-22)14-26(33(42)44)31-40-27(18-46-31)21-7-11-30(38-15-21)34(35,36)37/h6-7,10-11,13-15,18-19,22-23,39H,5,8-9,12,16-17H2,1-4H3/t22-,23+. The van der Waals surface area contributed by atoms with E-state index in [1.807, 2.05) is 30.0 Å². The number of nitrogens with zero attached hydrogens (tertiary/aromatic N) is 4. The van der Waals surface area contributed by atoms with Crippen molar-refractivity contribution in [2.45, 2.75) is 64.7 Å². The Bertz CT molecular complexity index is 1800. The summed E-state index contributed by atoms with van der Waals surface area (Å²) in [5, 5.41) is 5.62. The summed E-state index contributed by atoms with van der Waals surface area (Å²) in [5.74, 6) is 0.586. The van der Waals surface area contributed by atoms with E-state index in [1.165, 1.54) is 17.4 Å². The lowest BCUT2D eigenvalue weighted by molar-refractivity contribution is -0.141. The van der Waals surface area contributed by atoms with Crippen LogP contribution < -0.4 is 15.6 Å². The fourth-order valence-electron chi connectivity index (χ4n) is 6.39. The third-order valence-corrected chi connectivity index (χ3v) is 9.51. The minimum Gasteiger partial charge on any atom is -0.497 e. The van der Waals surface area contributed by atoms with Crippen molar-refractivity contribution in [1.29, 1.82) is 0 Å². The van der Waals surface area contributed by atoms with Gasteiger partial charge in [-0.3, -0.25) is 19.1 Å². The van der Waals surface area contributed by atoms with Crippen molar-refractivity contribution in [1.82, 2.24) is 24.8 Å². The van der Waals surface area contributed by atoms with E-state index >= 15 is 0 Å². The molecule has 5 heterocycles. The van der Waals surface area contributed by atoms with Crippen LogP contribution in [0.15, 0.2) is 52.8 Å². The van der Waals surface area contributed by atoms with E-state index < -0.39 is 11.9 Å². The molecule has 12 heteroatoms. The summed E-state index contributed by atoms with van der Waals surface area (Å²) in [6.07, 6.45) is -0.271. The van der Waals surface area contributed by atoms with Gasteiger partial charge < -0.3 is 15.0 Å². The van der Waals surface area contributed by atoms with Crippen LogP contribution in [0.5, 0.6) is 5.75 Å². The number of halogens is 3. The monoisotopic (exact) mass is 651 g/mol. The summed E-state index contributed by atoms with van der Waals surface area (Å²) in [4.78, 5) is 39.2. The molecule has 4 aromatic rings. The number of alkyl halides is 3. The fourth-order valence-corrected chi connectivity index (χ4v) is 7.22. The lowest BCUT2D eigenvalue weighted by atomic mass is 9.98. The van der Waals surface area contributed by atoms with E-state index in [2.05, 4.69) is 29.1 Å². The molecular weight excluding hydrogens is 615 g/mol. The van der Waals surface area contributed by atoms with Crippen LogP contribution in [0.3, 0.4) is 0 Å². The Balaban J connectivity index is 1.55. The SMILES string of the molecule is CCc1ccc(OC)cc1-n1c(CC(C)C)c(C(=O)N2C[C@H]3CC[C@@H](C2)N3)cc(-c2nc(-c3ccc(C(F)(F)F)nc3)cs2)c1=O. The first-order chi connectivity index (χ1) is 22.0. The maximum atomic E-state index is 14.6. The second kappa shape index (κ2) is 12.6. The molecule has 2 aliphatic heterocycles. The summed E-state index contributed by atoms with van der Waals surface area (Å²) in [6, 6.07) is 9.99. The van der Waals surface area contributed by atoms with Crippen molar-refractivity contribution in [3.8, 4) is 33.3 Å². The van der Waals surface area contributed by atoms with Gasteiger partial charge in [-0.15, -0.1) is 11.3 Å². The first-order valence-corrected chi connectivity index (χ1v) is 16.4. The summed E-state index contributed by atoms with van der Waals surface area (Å²) in [5.41, 5.74) is 2.33. The Morgan fingerprint density at radius 1 is 1.13 bits per heavy atom. The molecule has 6 rings (SSSR count). The minimum absolute atomic E-state index is 0.131. The van der Waals surface area contributed by atoms with Crippen molar-refractivity contribution in [3.05, 3.63) is 80.8 Å². The van der Waals surface area contributed by atoms with Crippen LogP contribution in [0.4, 0.5) is 13.2 Å². The number of hydrogen-bond acceptors (Lipinski definition) is 7. The Morgan fingerprint density at radius 2 is 1.87 bits per heavy atom. The summed E-state index contributed by atoms with van der Waals surface area (Å²) < 4.78 is 46.5. The third-order valence-electron chi connectivity index (χ3n) is 8.64. The molecule has 2 saturated heterocycles. The topological polar surface area (TPSA) is 89.3 Å². The van der Waals surface area contributed by atoms with Gasteiger partial charge in [0.1, 0.15) is 16.5 Å². The molecule has 0 aliphatic carbocycles. The number of carbonyl (C=O) groups excluding carboxylic acids is 1. The number of hydrogen-bond donors (Lipinski definition) is 1. The average molecular weight is 652 g/mol. The molecule has 1 N–H and O–H groups in total. The van der Waals surface area contributed by atoms with E-state index in [9.17, 15) is 22.8 Å². The zero-order valence-corrected chi connectivity index (χ0v) is 27.0. The van der Waals surface area contributed by atoms with Crippen molar-refractivity contribution < 1.29 is 22.7 Å². The Labute approximate surface area is 269 Å². The molecule has 2 atom stereocenters. The second-order valence-corrected chi connectivity index (χ2v) is 13.2. The average Bonchev–Trinajstić information content (AvgIpc) is 3.66. The lowest BCUT2D eigenvalue weighted by Gasteiger charge is -2.34. The molecule has 0 saturated carbocycles. The number of ether oxygens (including phenoxy) is 1. The summed E-state index contributed by atoms with van der Waals surface area (Å²) >= 11 is 1.20. The van der Waals surface area contributed by atoms with E-state index in [1.54, 1.807) is 23.1 Å². The molecule has 0 spiro atoms. The molecule has 0 radical (unpaired) electrons. The minimum atomic E-state index is -4.56. The van der Waals surface area contributed by atoms with E-state index in [4.69, 9.17) is 4.74 Å². The highest BCUT2D eigenvalue weighted by atomic mass is 32.1. The number of carbonyl (C=O) groups is 1. The Hall–Kier alpha value is -4.03. The van der Waals surface area contributed by atoms with Gasteiger partial charge in [-0.2, -0.15) is 13.2 Å². The largest absolute Gasteiger partial charge is 0.497 e. The lowest BCUT2D eigenvalue weighted by Crippen LogP contribution is -2.53. The number of likely N-dealkylation sites (tertiary alicyclic amines) is 1. The maximum absolute atomic E-state index is 14.6. The van der Waals surface area contributed by atoms with Gasteiger partial charge in [0.15, 0.2) is 0 Å². The Kier molecular flexibility index (Phi) is 8.77. The molecule has 1 aromatic carbocycles. The quantitative estimate of drug-likeness (QED) is 0.238. The van der Waals surface area contributed by atoms with Crippen LogP contribution >= 0.6 is 11.3 Å². The number of rotatable bonds is 8. The number of aromatic nitrogens is 3. The normalized spacial score (nSPS) is 18.0. The molecule has 2 aliphatic rings. The summed E-state index contributed by atoms with van der Waals surface area (Å²) in [6.45, 7) is 7.30. The van der Waals surface area contributed by atoms with Gasteiger partial charge in [-0.05, 0) is 61.4 Å². The molecule has 8 nitrogen and oxygen atoms in total. The summed E-state index contributed by atoms with van der Waals surface area (Å²) in [7, 11) is 1.57. The molecule has 1 amide bonds. The van der Waals surface area contributed by atoms with Crippen molar-refractivity contribution in [3.63, 3.8) is 0 Å². The zero-order chi connectivity index (χ0) is 32.7. The number of piperazine rings is 1. The Morgan fingerprint density at radius 3 is 2.48 bits per heavy atom. The molecule has 3 aromatic heterocycles. The van der Waals surface area contributed by atoms with Gasteiger partial charge >= 0.3 is 6.18 Å². The van der Waals surface area contributed by atoms with Gasteiger partial charge in [0, 0.05) is 54.1 Å². The van der Waals surface area contributed by atoms with Gasteiger partial charge in [-0.1, -0.05) is 26.8 Å². The second-order valence-electron chi connectivity index (χ2n) is 12.3. The van der Waals surface area contributed by atoms with Crippen LogP contribution in [0, 0.1) is 5.92 Å². The maximum Gasteiger partial charge on any atom is 0.433 e. The van der Waals surface area contributed by atoms with Crippen molar-refractivity contribution >= 4 is 17.2 Å². The number of amides is 1. The fraction of sp³-hybridized carbons (Fsp3) is 0.412. The highest BCUT2D eigenvalue weighted by Gasteiger charge is 2.36. The number of methoxy groups -OCH3 is 1. The molecule has 0 unspecified atom stereocenters. The number of pyridine rings is 2. The van der Waals surface area contributed by atoms with E-state index in [-0.39, 0.29) is 35.0 Å². The van der Waals surface area contributed by atoms with Crippen molar-refractivity contribution in [2.75, 3.05) is 20.2 Å². The number of aryl methyl sites for hydroxylation is 1. The van der Waals surface area contributed by atoms with Gasteiger partial charge in [0.25, 0.3) is 11.5 Å². The van der Waals surface area contributed by atoms with Crippen LogP contribution in [-0.4, -0.2) is 57.6 Å². The first kappa shape index (κ1) is 31.9. The number of nitrogens with one attached hydrogen (secondary N) is 1. The molecular formula is C34H36F3N5O3S. The number of benzene rings is 1. The molecule has 46 heavy (non-hydrogen) atoms. The van der Waals surface area contributed by atoms with Crippen LogP contribution in [-0.2, 0) is 19.0 Å². The van der Waals surface area contributed by atoms with Crippen LogP contribution in [0.25, 0.3) is 27.5 Å². The van der Waals surface area contributed by atoms with Crippen molar-refractivity contribution in [2.24, 2.45) is 5.92 Å². The van der Waals surface area contributed by atoms with E-state index in [0.717, 1.165) is 30.7 Å². The first-order valence-electron chi connectivity index (χ1n) is 15.5. The number of thiazole rings is 1. The van der Waals surface area contributed by atoms with E-state index in [0.29, 0.717) is 64.9 Å². The zero-order valence-electron chi connectivity index (χ0n) is 26.1. The van der Waals surface area contributed by atoms with Crippen LogP contribution in [0.1, 0.15) is 60.9 Å². The van der Waals surface area contributed by atoms with Gasteiger partial charge in [0.2, 0.25) is 0 Å².